The molecule has 0 bridgehead atoms. The third-order valence-corrected chi connectivity index (χ3v) is 4.23. The van der Waals surface area contributed by atoms with Crippen molar-refractivity contribution in [2.24, 2.45) is 7.05 Å². The zero-order valence-electron chi connectivity index (χ0n) is 13.2. The maximum Gasteiger partial charge on any atom is 0.334 e. The first-order valence-electron chi connectivity index (χ1n) is 7.30. The topological polar surface area (TPSA) is 88.4 Å². The minimum Gasteiger partial charge on any atom is -0.479 e. The number of carbonyl (C=O) groups is 2. The van der Waals surface area contributed by atoms with Crippen molar-refractivity contribution in [3.05, 3.63) is 69.1 Å². The van der Waals surface area contributed by atoms with Gasteiger partial charge < -0.3 is 15.0 Å². The molecule has 7 heteroatoms. The summed E-state index contributed by atoms with van der Waals surface area (Å²) in [4.78, 5) is 36.2. The number of aliphatic carboxylic acids is 1. The SMILES string of the molecule is CCC(NC(=O)c1cccc(=O)n1C)(C(=O)O)c1ccc(Cl)cc1. The Balaban J connectivity index is 2.48. The van der Waals surface area contributed by atoms with Gasteiger partial charge in [-0.3, -0.25) is 9.59 Å². The first kappa shape index (κ1) is 17.7. The number of carboxylic acid groups (broad SMARTS) is 1. The average molecular weight is 349 g/mol. The molecule has 1 amide bonds. The first-order chi connectivity index (χ1) is 11.3. The van der Waals surface area contributed by atoms with E-state index in [1.165, 1.54) is 29.8 Å². The molecule has 2 N–H and O–H groups in total. The number of carbonyl (C=O) groups excluding carboxylic acids is 1. The number of nitrogens with one attached hydrogen (secondary N) is 1. The van der Waals surface area contributed by atoms with Crippen LogP contribution in [0.1, 0.15) is 29.4 Å². The second kappa shape index (κ2) is 6.88. The molecule has 1 unspecified atom stereocenters. The standard InChI is InChI=1S/C17H17ClN2O4/c1-3-17(16(23)24,11-7-9-12(18)10-8-11)19-15(22)13-5-4-6-14(21)20(13)2/h4-10H,3H2,1-2H3,(H,19,22)(H,23,24). The van der Waals surface area contributed by atoms with Crippen LogP contribution in [0, 0.1) is 0 Å². The van der Waals surface area contributed by atoms with Gasteiger partial charge in [0.15, 0.2) is 5.54 Å². The van der Waals surface area contributed by atoms with Gasteiger partial charge in [-0.1, -0.05) is 36.7 Å². The lowest BCUT2D eigenvalue weighted by Gasteiger charge is -2.30. The predicted molar refractivity (Wildman–Crippen MR) is 90.2 cm³/mol. The summed E-state index contributed by atoms with van der Waals surface area (Å²) in [5.41, 5.74) is -1.49. The van der Waals surface area contributed by atoms with Crippen LogP contribution >= 0.6 is 11.6 Å². The zero-order chi connectivity index (χ0) is 17.9. The van der Waals surface area contributed by atoms with Crippen molar-refractivity contribution in [1.29, 1.82) is 0 Å². The Morgan fingerprint density at radius 2 is 1.83 bits per heavy atom. The highest BCUT2D eigenvalue weighted by atomic mass is 35.5. The number of hydrogen-bond acceptors (Lipinski definition) is 3. The van der Waals surface area contributed by atoms with Gasteiger partial charge in [0.05, 0.1) is 0 Å². The van der Waals surface area contributed by atoms with Crippen LogP contribution in [0.15, 0.2) is 47.3 Å². The van der Waals surface area contributed by atoms with Gasteiger partial charge in [-0.15, -0.1) is 0 Å². The monoisotopic (exact) mass is 348 g/mol. The number of carboxylic acids is 1. The van der Waals surface area contributed by atoms with E-state index in [1.807, 2.05) is 0 Å². The van der Waals surface area contributed by atoms with E-state index < -0.39 is 17.4 Å². The summed E-state index contributed by atoms with van der Waals surface area (Å²) in [5, 5.41) is 12.8. The number of hydrogen-bond donors (Lipinski definition) is 2. The Kier molecular flexibility index (Phi) is 5.09. The average Bonchev–Trinajstić information content (AvgIpc) is 2.55. The molecule has 2 rings (SSSR count). The number of nitrogens with zero attached hydrogens (tertiary/aromatic N) is 1. The van der Waals surface area contributed by atoms with Crippen molar-refractivity contribution < 1.29 is 14.7 Å². The van der Waals surface area contributed by atoms with Gasteiger partial charge >= 0.3 is 5.97 Å². The van der Waals surface area contributed by atoms with Gasteiger partial charge in [0.2, 0.25) is 0 Å². The van der Waals surface area contributed by atoms with E-state index in [0.29, 0.717) is 10.6 Å². The van der Waals surface area contributed by atoms with Crippen LogP contribution in [0.5, 0.6) is 0 Å². The lowest BCUT2D eigenvalue weighted by atomic mass is 9.87. The summed E-state index contributed by atoms with van der Waals surface area (Å²) in [6.45, 7) is 1.66. The maximum absolute atomic E-state index is 12.6. The molecular weight excluding hydrogens is 332 g/mol. The number of halogens is 1. The summed E-state index contributed by atoms with van der Waals surface area (Å²) in [5.74, 6) is -1.84. The molecule has 0 radical (unpaired) electrons. The second-order valence-electron chi connectivity index (χ2n) is 5.33. The van der Waals surface area contributed by atoms with E-state index in [9.17, 15) is 19.5 Å². The molecule has 24 heavy (non-hydrogen) atoms. The van der Waals surface area contributed by atoms with Gasteiger partial charge in [0.25, 0.3) is 11.5 Å². The van der Waals surface area contributed by atoms with Crippen molar-refractivity contribution in [3.63, 3.8) is 0 Å². The smallest absolute Gasteiger partial charge is 0.334 e. The number of aromatic nitrogens is 1. The molecule has 6 nitrogen and oxygen atoms in total. The molecule has 0 saturated heterocycles. The number of benzene rings is 1. The first-order valence-corrected chi connectivity index (χ1v) is 7.67. The van der Waals surface area contributed by atoms with Crippen molar-refractivity contribution in [3.8, 4) is 0 Å². The van der Waals surface area contributed by atoms with E-state index in [1.54, 1.807) is 31.2 Å². The van der Waals surface area contributed by atoms with Gasteiger partial charge in [0.1, 0.15) is 5.69 Å². The van der Waals surface area contributed by atoms with E-state index in [4.69, 9.17) is 11.6 Å². The Hall–Kier alpha value is -2.60. The molecule has 0 saturated carbocycles. The van der Waals surface area contributed by atoms with Crippen LogP contribution in [0.3, 0.4) is 0 Å². The Bertz CT molecular complexity index is 829. The molecule has 0 spiro atoms. The molecule has 0 aliphatic heterocycles. The van der Waals surface area contributed by atoms with Gasteiger partial charge in [-0.05, 0) is 30.2 Å². The van der Waals surface area contributed by atoms with Crippen molar-refractivity contribution >= 4 is 23.5 Å². The molecule has 126 valence electrons. The summed E-state index contributed by atoms with van der Waals surface area (Å²) >= 11 is 5.85. The summed E-state index contributed by atoms with van der Waals surface area (Å²) in [6, 6.07) is 10.5. The van der Waals surface area contributed by atoms with Crippen LogP contribution < -0.4 is 10.9 Å². The quantitative estimate of drug-likeness (QED) is 0.866. The number of amides is 1. The molecule has 0 aliphatic carbocycles. The highest BCUT2D eigenvalue weighted by Crippen LogP contribution is 2.27. The molecule has 0 aliphatic rings. The number of rotatable bonds is 5. The second-order valence-corrected chi connectivity index (χ2v) is 5.77. The van der Waals surface area contributed by atoms with Crippen molar-refractivity contribution in [2.45, 2.75) is 18.9 Å². The van der Waals surface area contributed by atoms with E-state index >= 15 is 0 Å². The molecule has 1 aromatic heterocycles. The van der Waals surface area contributed by atoms with Crippen LogP contribution in [-0.2, 0) is 17.4 Å². The van der Waals surface area contributed by atoms with Crippen LogP contribution in [0.4, 0.5) is 0 Å². The molecule has 0 fully saturated rings. The molecule has 1 heterocycles. The normalized spacial score (nSPS) is 13.1. The van der Waals surface area contributed by atoms with Gasteiger partial charge in [-0.2, -0.15) is 0 Å². The predicted octanol–water partition coefficient (Wildman–Crippen LogP) is 2.16. The Morgan fingerprint density at radius 3 is 2.38 bits per heavy atom. The maximum atomic E-state index is 12.6. The van der Waals surface area contributed by atoms with Gasteiger partial charge in [-0.25, -0.2) is 4.79 Å². The Labute approximate surface area is 143 Å². The van der Waals surface area contributed by atoms with Crippen LogP contribution in [-0.4, -0.2) is 21.6 Å². The lowest BCUT2D eigenvalue weighted by Crippen LogP contribution is -2.52. The molecule has 1 atom stereocenters. The van der Waals surface area contributed by atoms with E-state index in [-0.39, 0.29) is 17.7 Å². The fraction of sp³-hybridized carbons (Fsp3) is 0.235. The third-order valence-electron chi connectivity index (χ3n) is 3.98. The van der Waals surface area contributed by atoms with Crippen LogP contribution in [0.25, 0.3) is 0 Å². The summed E-state index contributed by atoms with van der Waals surface area (Å²) in [7, 11) is 1.45. The largest absolute Gasteiger partial charge is 0.479 e. The molecular formula is C17H17ClN2O4. The van der Waals surface area contributed by atoms with E-state index in [0.717, 1.165) is 0 Å². The molecule has 2 aromatic rings. The van der Waals surface area contributed by atoms with E-state index in [2.05, 4.69) is 5.32 Å². The molecule has 1 aromatic carbocycles. The Morgan fingerprint density at radius 1 is 1.21 bits per heavy atom. The fourth-order valence-corrected chi connectivity index (χ4v) is 2.60. The van der Waals surface area contributed by atoms with Gasteiger partial charge in [0, 0.05) is 18.1 Å². The summed E-state index contributed by atoms with van der Waals surface area (Å²) in [6.07, 6.45) is 0.122. The fourth-order valence-electron chi connectivity index (χ4n) is 2.48. The highest BCUT2D eigenvalue weighted by Gasteiger charge is 2.40. The summed E-state index contributed by atoms with van der Waals surface area (Å²) < 4.78 is 1.17. The third kappa shape index (κ3) is 3.19. The minimum absolute atomic E-state index is 0.0792. The van der Waals surface area contributed by atoms with Crippen molar-refractivity contribution in [2.75, 3.05) is 0 Å². The van der Waals surface area contributed by atoms with Crippen molar-refractivity contribution in [1.82, 2.24) is 9.88 Å². The lowest BCUT2D eigenvalue weighted by molar-refractivity contribution is -0.145. The van der Waals surface area contributed by atoms with Crippen LogP contribution in [0.2, 0.25) is 5.02 Å². The number of pyridine rings is 1. The highest BCUT2D eigenvalue weighted by molar-refractivity contribution is 6.30. The zero-order valence-corrected chi connectivity index (χ0v) is 14.0. The minimum atomic E-state index is -1.62.